The Bertz CT molecular complexity index is 370. The summed E-state index contributed by atoms with van der Waals surface area (Å²) in [5.41, 5.74) is 0.562. The third-order valence-electron chi connectivity index (χ3n) is 1.12. The first-order chi connectivity index (χ1) is 5.58. The lowest BCUT2D eigenvalue weighted by Gasteiger charge is -1.88. The number of primary sulfonamides is 1. The van der Waals surface area contributed by atoms with Gasteiger partial charge in [-0.25, -0.2) is 13.6 Å². The number of hydrogen-bond acceptors (Lipinski definition) is 3. The van der Waals surface area contributed by atoms with Gasteiger partial charge in [0.15, 0.2) is 0 Å². The van der Waals surface area contributed by atoms with Crippen LogP contribution < -0.4 is 5.14 Å². The smallest absolute Gasteiger partial charge is 0.231 e. The first-order valence-electron chi connectivity index (χ1n) is 3.20. The van der Waals surface area contributed by atoms with Crippen LogP contribution in [0.25, 0.3) is 6.08 Å². The van der Waals surface area contributed by atoms with Crippen molar-refractivity contribution in [2.75, 3.05) is 0 Å². The van der Waals surface area contributed by atoms with Crippen molar-refractivity contribution in [2.45, 2.75) is 0 Å². The van der Waals surface area contributed by atoms with E-state index in [1.165, 1.54) is 6.08 Å². The van der Waals surface area contributed by atoms with Gasteiger partial charge in [0.2, 0.25) is 10.0 Å². The largest absolute Gasteiger partial charge is 0.257 e. The third kappa shape index (κ3) is 3.27. The molecule has 0 saturated carbocycles. The molecule has 1 aromatic rings. The quantitative estimate of drug-likeness (QED) is 0.720. The fraction of sp³-hybridized carbons (Fsp3) is 0. The Morgan fingerprint density at radius 2 is 2.17 bits per heavy atom. The summed E-state index contributed by atoms with van der Waals surface area (Å²) >= 11 is 0. The summed E-state index contributed by atoms with van der Waals surface area (Å²) < 4.78 is 20.9. The van der Waals surface area contributed by atoms with Crippen LogP contribution in [0.5, 0.6) is 0 Å². The van der Waals surface area contributed by atoms with Crippen LogP contribution >= 0.6 is 0 Å². The van der Waals surface area contributed by atoms with Crippen molar-refractivity contribution in [2.24, 2.45) is 5.14 Å². The van der Waals surface area contributed by atoms with Crippen LogP contribution in [-0.2, 0) is 10.0 Å². The first kappa shape index (κ1) is 8.89. The molecule has 0 saturated heterocycles. The Labute approximate surface area is 70.8 Å². The summed E-state index contributed by atoms with van der Waals surface area (Å²) in [4.78, 5) is 3.88. The second-order valence-electron chi connectivity index (χ2n) is 2.15. The van der Waals surface area contributed by atoms with Crippen molar-refractivity contribution < 1.29 is 8.42 Å². The van der Waals surface area contributed by atoms with E-state index in [4.69, 9.17) is 5.14 Å². The molecule has 0 aliphatic heterocycles. The van der Waals surface area contributed by atoms with Crippen molar-refractivity contribution in [3.8, 4) is 0 Å². The van der Waals surface area contributed by atoms with Gasteiger partial charge < -0.3 is 0 Å². The Balaban J connectivity index is 2.85. The van der Waals surface area contributed by atoms with E-state index in [1.54, 1.807) is 24.4 Å². The molecule has 0 aromatic carbocycles. The van der Waals surface area contributed by atoms with Crippen LogP contribution in [-0.4, -0.2) is 13.4 Å². The molecule has 1 aromatic heterocycles. The van der Waals surface area contributed by atoms with E-state index in [0.717, 1.165) is 5.41 Å². The molecule has 0 aliphatic carbocycles. The molecule has 0 atom stereocenters. The molecule has 0 aliphatic rings. The van der Waals surface area contributed by atoms with Gasteiger partial charge in [0.25, 0.3) is 0 Å². The normalized spacial score (nSPS) is 12.1. The number of hydrogen-bond donors (Lipinski definition) is 1. The van der Waals surface area contributed by atoms with Crippen molar-refractivity contribution in [3.63, 3.8) is 0 Å². The van der Waals surface area contributed by atoms with Gasteiger partial charge in [-0.3, -0.25) is 4.98 Å². The van der Waals surface area contributed by atoms with Crippen molar-refractivity contribution in [1.82, 2.24) is 4.98 Å². The van der Waals surface area contributed by atoms with Crippen LogP contribution in [0.2, 0.25) is 0 Å². The highest BCUT2D eigenvalue weighted by Crippen LogP contribution is 1.96. The predicted octanol–water partition coefficient (Wildman–Crippen LogP) is 0.341. The summed E-state index contributed by atoms with van der Waals surface area (Å²) in [7, 11) is -3.54. The molecule has 5 heteroatoms. The lowest BCUT2D eigenvalue weighted by atomic mass is 10.3. The molecule has 2 N–H and O–H groups in total. The average molecular weight is 184 g/mol. The maximum atomic E-state index is 10.5. The Morgan fingerprint density at radius 3 is 2.67 bits per heavy atom. The monoisotopic (exact) mass is 184 g/mol. The topological polar surface area (TPSA) is 73.1 Å². The van der Waals surface area contributed by atoms with Crippen LogP contribution in [0.4, 0.5) is 0 Å². The van der Waals surface area contributed by atoms with E-state index in [1.807, 2.05) is 0 Å². The summed E-state index contributed by atoms with van der Waals surface area (Å²) in [6, 6.07) is 5.19. The van der Waals surface area contributed by atoms with Gasteiger partial charge in [0.1, 0.15) is 0 Å². The van der Waals surface area contributed by atoms with Gasteiger partial charge in [-0.15, -0.1) is 0 Å². The van der Waals surface area contributed by atoms with E-state index in [-0.39, 0.29) is 0 Å². The highest BCUT2D eigenvalue weighted by Gasteiger charge is 1.92. The lowest BCUT2D eigenvalue weighted by Crippen LogP contribution is -2.06. The molecule has 64 valence electrons. The second kappa shape index (κ2) is 3.46. The van der Waals surface area contributed by atoms with Gasteiger partial charge in [0.05, 0.1) is 5.69 Å². The zero-order valence-electron chi connectivity index (χ0n) is 6.21. The van der Waals surface area contributed by atoms with Gasteiger partial charge in [0, 0.05) is 11.6 Å². The Hall–Kier alpha value is -1.20. The SMILES string of the molecule is NS(=O)(=O)/C=C/c1ccccn1. The highest BCUT2D eigenvalue weighted by atomic mass is 32.2. The minimum absolute atomic E-state index is 0.562. The number of rotatable bonds is 2. The van der Waals surface area contributed by atoms with Crippen LogP contribution in [0, 0.1) is 0 Å². The summed E-state index contributed by atoms with van der Waals surface area (Å²) in [5, 5.41) is 5.65. The molecular formula is C7H8N2O2S. The zero-order valence-corrected chi connectivity index (χ0v) is 7.03. The van der Waals surface area contributed by atoms with Crippen LogP contribution in [0.1, 0.15) is 5.69 Å². The van der Waals surface area contributed by atoms with Crippen molar-refractivity contribution in [3.05, 3.63) is 35.5 Å². The van der Waals surface area contributed by atoms with Gasteiger partial charge >= 0.3 is 0 Å². The molecule has 0 bridgehead atoms. The molecule has 12 heavy (non-hydrogen) atoms. The van der Waals surface area contributed by atoms with Crippen LogP contribution in [0.3, 0.4) is 0 Å². The highest BCUT2D eigenvalue weighted by molar-refractivity contribution is 7.92. The van der Waals surface area contributed by atoms with Crippen molar-refractivity contribution in [1.29, 1.82) is 0 Å². The number of aromatic nitrogens is 1. The fourth-order valence-electron chi connectivity index (χ4n) is 0.639. The molecule has 4 nitrogen and oxygen atoms in total. The average Bonchev–Trinajstić information content (AvgIpc) is 2.02. The minimum atomic E-state index is -3.54. The number of pyridine rings is 1. The standard InChI is InChI=1S/C7H8N2O2S/c8-12(10,11)6-4-7-3-1-2-5-9-7/h1-6H,(H2,8,10,11)/b6-4+. The number of nitrogens with two attached hydrogens (primary N) is 1. The second-order valence-corrected chi connectivity index (χ2v) is 3.60. The number of nitrogens with zero attached hydrogens (tertiary/aromatic N) is 1. The molecular weight excluding hydrogens is 176 g/mol. The molecule has 0 radical (unpaired) electrons. The Morgan fingerprint density at radius 1 is 1.42 bits per heavy atom. The minimum Gasteiger partial charge on any atom is -0.257 e. The molecule has 1 rings (SSSR count). The van der Waals surface area contributed by atoms with Gasteiger partial charge in [-0.2, -0.15) is 0 Å². The van der Waals surface area contributed by atoms with E-state index in [0.29, 0.717) is 5.69 Å². The molecule has 0 amide bonds. The third-order valence-corrected chi connectivity index (χ3v) is 1.63. The van der Waals surface area contributed by atoms with E-state index in [9.17, 15) is 8.42 Å². The van der Waals surface area contributed by atoms with Gasteiger partial charge in [-0.05, 0) is 18.2 Å². The van der Waals surface area contributed by atoms with E-state index < -0.39 is 10.0 Å². The summed E-state index contributed by atoms with van der Waals surface area (Å²) in [6.07, 6.45) is 2.91. The maximum Gasteiger partial charge on any atom is 0.231 e. The lowest BCUT2D eigenvalue weighted by molar-refractivity contribution is 0.606. The first-order valence-corrected chi connectivity index (χ1v) is 4.81. The molecule has 1 heterocycles. The molecule has 0 unspecified atom stereocenters. The fourth-order valence-corrected chi connectivity index (χ4v) is 0.968. The predicted molar refractivity (Wildman–Crippen MR) is 46.4 cm³/mol. The molecule has 0 fully saturated rings. The summed E-state index contributed by atoms with van der Waals surface area (Å²) in [6.45, 7) is 0. The van der Waals surface area contributed by atoms with Crippen molar-refractivity contribution >= 4 is 16.1 Å². The Kier molecular flexibility index (Phi) is 2.57. The summed E-state index contributed by atoms with van der Waals surface area (Å²) in [5.74, 6) is 0. The van der Waals surface area contributed by atoms with Crippen LogP contribution in [0.15, 0.2) is 29.8 Å². The van der Waals surface area contributed by atoms with E-state index >= 15 is 0 Å². The molecule has 0 spiro atoms. The number of sulfonamides is 1. The van der Waals surface area contributed by atoms with E-state index in [2.05, 4.69) is 4.98 Å². The maximum absolute atomic E-state index is 10.5. The zero-order chi connectivity index (χ0) is 9.03. The van der Waals surface area contributed by atoms with Gasteiger partial charge in [-0.1, -0.05) is 6.07 Å².